The van der Waals surface area contributed by atoms with Gasteiger partial charge in [0.15, 0.2) is 5.78 Å². The topological polar surface area (TPSA) is 159 Å². The van der Waals surface area contributed by atoms with E-state index in [1.54, 1.807) is 165 Å². The molecule has 13 nitrogen and oxygen atoms in total. The molecule has 0 unspecified atom stereocenters. The summed E-state index contributed by atoms with van der Waals surface area (Å²) in [5.41, 5.74) is -5.18. The second kappa shape index (κ2) is 20.3. The first-order chi connectivity index (χ1) is 31.3. The third-order valence-electron chi connectivity index (χ3n) is 10.6. The first kappa shape index (κ1) is 48.2. The molecule has 0 aliphatic rings. The van der Waals surface area contributed by atoms with Crippen molar-refractivity contribution in [2.45, 2.75) is 77.8 Å². The zero-order valence-corrected chi connectivity index (χ0v) is 37.8. The van der Waals surface area contributed by atoms with Gasteiger partial charge in [0.05, 0.1) is 22.3 Å². The summed E-state index contributed by atoms with van der Waals surface area (Å²) in [4.78, 5) is 116. The zero-order chi connectivity index (χ0) is 47.7. The molecular formula is C53H50O13. The van der Waals surface area contributed by atoms with Crippen LogP contribution in [0.1, 0.15) is 135 Å². The lowest BCUT2D eigenvalue weighted by Crippen LogP contribution is -2.28. The van der Waals surface area contributed by atoms with Crippen LogP contribution in [0, 0.1) is 0 Å². The number of carbonyl (C=O) groups is 5. The number of carbonyl (C=O) groups excluding carboxylic acids is 5. The molecule has 0 fully saturated rings. The molecule has 0 heterocycles. The van der Waals surface area contributed by atoms with E-state index >= 15 is 4.79 Å². The third-order valence-corrected chi connectivity index (χ3v) is 10.6. The van der Waals surface area contributed by atoms with Gasteiger partial charge in [-0.3, -0.25) is 24.3 Å². The Balaban J connectivity index is 1.42. The van der Waals surface area contributed by atoms with Crippen LogP contribution in [0.3, 0.4) is 0 Å². The Hall–Kier alpha value is -7.29. The van der Waals surface area contributed by atoms with E-state index in [1.807, 2.05) is 12.1 Å². The first-order valence-electron chi connectivity index (χ1n) is 21.0. The molecule has 0 aliphatic carbocycles. The van der Waals surface area contributed by atoms with Crippen LogP contribution in [0.5, 0.6) is 0 Å². The van der Waals surface area contributed by atoms with Crippen LogP contribution in [-0.2, 0) is 61.5 Å². The SMILES string of the molecule is CC(C)(OOC(=O)c1cccc(C(=O)c2cccc(C(=O)OOC(C)(C)c3ccccc3)c2C(=O)OOC(C)(C)c2ccccc2)c1C(=O)OOC(C)(C)c1ccccc1)c1ccccc1. The number of ketones is 1. The molecule has 66 heavy (non-hydrogen) atoms. The molecule has 0 amide bonds. The third kappa shape index (κ3) is 11.3. The highest BCUT2D eigenvalue weighted by molar-refractivity contribution is 6.21. The average Bonchev–Trinajstić information content (AvgIpc) is 3.33. The average molecular weight is 895 g/mol. The maximum atomic E-state index is 15.0. The molecule has 0 bridgehead atoms. The smallest absolute Gasteiger partial charge is 0.292 e. The van der Waals surface area contributed by atoms with Crippen LogP contribution >= 0.6 is 0 Å². The standard InChI is InChI=1S/C53H50O13/c1-50(2,35-23-13-9-14-24-35)63-59-46(55)41-33-21-31-39(43(41)48(57)61-65-52(5,6)37-27-17-11-18-28-37)45(54)40-32-22-34-42(47(56)60-64-51(3,4)36-25-15-10-16-26-36)44(40)49(58)62-66-53(7,8)38-29-19-12-20-30-38/h9-34H,1-8H3. The Bertz CT molecular complexity index is 2490. The minimum absolute atomic E-state index is 0.454. The van der Waals surface area contributed by atoms with Crippen molar-refractivity contribution >= 4 is 29.7 Å². The van der Waals surface area contributed by atoms with Crippen molar-refractivity contribution in [1.29, 1.82) is 0 Å². The fourth-order valence-corrected chi connectivity index (χ4v) is 6.70. The fraction of sp³-hybridized carbons (Fsp3) is 0.226. The summed E-state index contributed by atoms with van der Waals surface area (Å²) < 4.78 is 0. The maximum absolute atomic E-state index is 15.0. The molecule has 13 heteroatoms. The molecule has 0 aromatic heterocycles. The molecule has 340 valence electrons. The molecule has 6 aromatic rings. The summed E-state index contributed by atoms with van der Waals surface area (Å²) in [6.07, 6.45) is 0. The van der Waals surface area contributed by atoms with Gasteiger partial charge in [0, 0.05) is 11.1 Å². The van der Waals surface area contributed by atoms with E-state index < -0.39 is 85.4 Å². The van der Waals surface area contributed by atoms with Crippen molar-refractivity contribution in [3.05, 3.63) is 213 Å². The second-order valence-electron chi connectivity index (χ2n) is 17.1. The van der Waals surface area contributed by atoms with E-state index in [-0.39, 0.29) is 0 Å². The highest BCUT2D eigenvalue weighted by atomic mass is 17.2. The minimum Gasteiger partial charge on any atom is -0.292 e. The summed E-state index contributed by atoms with van der Waals surface area (Å²) in [5, 5.41) is 0. The van der Waals surface area contributed by atoms with Crippen molar-refractivity contribution in [3.8, 4) is 0 Å². The Morgan fingerprint density at radius 1 is 0.288 bits per heavy atom. The van der Waals surface area contributed by atoms with Crippen LogP contribution in [0.15, 0.2) is 158 Å². The number of hydrogen-bond acceptors (Lipinski definition) is 13. The van der Waals surface area contributed by atoms with Gasteiger partial charge in [0.25, 0.3) is 0 Å². The van der Waals surface area contributed by atoms with Crippen LogP contribution in [0.4, 0.5) is 0 Å². The summed E-state index contributed by atoms with van der Waals surface area (Å²) in [6.45, 7) is 13.3. The zero-order valence-electron chi connectivity index (χ0n) is 37.8. The normalized spacial score (nSPS) is 11.9. The minimum atomic E-state index is -1.28. The van der Waals surface area contributed by atoms with E-state index in [0.29, 0.717) is 22.3 Å². The van der Waals surface area contributed by atoms with Gasteiger partial charge in [-0.1, -0.05) is 146 Å². The van der Waals surface area contributed by atoms with Gasteiger partial charge in [-0.25, -0.2) is 19.2 Å². The van der Waals surface area contributed by atoms with E-state index in [9.17, 15) is 19.2 Å². The quantitative estimate of drug-likeness (QED) is 0.0456. The van der Waals surface area contributed by atoms with Crippen LogP contribution < -0.4 is 0 Å². The van der Waals surface area contributed by atoms with Gasteiger partial charge in [-0.15, -0.1) is 0 Å². The predicted molar refractivity (Wildman–Crippen MR) is 240 cm³/mol. The van der Waals surface area contributed by atoms with Gasteiger partial charge in [-0.2, -0.15) is 19.6 Å². The van der Waals surface area contributed by atoms with Crippen molar-refractivity contribution in [3.63, 3.8) is 0 Å². The summed E-state index contributed by atoms with van der Waals surface area (Å²) in [5.74, 6) is -5.93. The van der Waals surface area contributed by atoms with Crippen molar-refractivity contribution < 1.29 is 63.1 Å². The van der Waals surface area contributed by atoms with Crippen LogP contribution in [-0.4, -0.2) is 29.7 Å². The van der Waals surface area contributed by atoms with Crippen molar-refractivity contribution in [2.24, 2.45) is 0 Å². The number of rotatable bonds is 18. The van der Waals surface area contributed by atoms with E-state index in [4.69, 9.17) is 39.1 Å². The maximum Gasteiger partial charge on any atom is 0.374 e. The molecule has 6 rings (SSSR count). The Morgan fingerprint density at radius 3 is 0.773 bits per heavy atom. The fourth-order valence-electron chi connectivity index (χ4n) is 6.70. The molecule has 0 aliphatic heterocycles. The van der Waals surface area contributed by atoms with Crippen LogP contribution in [0.2, 0.25) is 0 Å². The van der Waals surface area contributed by atoms with E-state index in [2.05, 4.69) is 0 Å². The van der Waals surface area contributed by atoms with Crippen molar-refractivity contribution in [1.82, 2.24) is 0 Å². The highest BCUT2D eigenvalue weighted by Crippen LogP contribution is 2.32. The van der Waals surface area contributed by atoms with Gasteiger partial charge < -0.3 is 0 Å². The van der Waals surface area contributed by atoms with E-state index in [0.717, 1.165) is 0 Å². The molecule has 0 atom stereocenters. The molecule has 0 radical (unpaired) electrons. The highest BCUT2D eigenvalue weighted by Gasteiger charge is 2.36. The molecular weight excluding hydrogens is 845 g/mol. The molecule has 0 N–H and O–H groups in total. The van der Waals surface area contributed by atoms with E-state index in [1.165, 1.54) is 36.4 Å². The summed E-state index contributed by atoms with van der Waals surface area (Å²) >= 11 is 0. The predicted octanol–water partition coefficient (Wildman–Crippen LogP) is 11.0. The second-order valence-corrected chi connectivity index (χ2v) is 17.1. The Labute approximate surface area is 382 Å². The van der Waals surface area contributed by atoms with Gasteiger partial charge in [-0.05, 0) is 89.8 Å². The summed E-state index contributed by atoms with van der Waals surface area (Å²) in [7, 11) is 0. The Morgan fingerprint density at radius 2 is 0.515 bits per heavy atom. The van der Waals surface area contributed by atoms with Crippen molar-refractivity contribution in [2.75, 3.05) is 0 Å². The number of hydrogen-bond donors (Lipinski definition) is 0. The molecule has 0 spiro atoms. The van der Waals surface area contributed by atoms with Gasteiger partial charge in [0.1, 0.15) is 22.4 Å². The lowest BCUT2D eigenvalue weighted by molar-refractivity contribution is -0.313. The van der Waals surface area contributed by atoms with Gasteiger partial charge in [0.2, 0.25) is 0 Å². The molecule has 0 saturated heterocycles. The molecule has 6 aromatic carbocycles. The lowest BCUT2D eigenvalue weighted by Gasteiger charge is -2.25. The largest absolute Gasteiger partial charge is 0.374 e. The molecule has 0 saturated carbocycles. The number of benzene rings is 6. The van der Waals surface area contributed by atoms with Gasteiger partial charge >= 0.3 is 23.9 Å². The summed E-state index contributed by atoms with van der Waals surface area (Å²) in [6, 6.07) is 43.2. The first-order valence-corrected chi connectivity index (χ1v) is 21.0. The monoisotopic (exact) mass is 894 g/mol. The lowest BCUT2D eigenvalue weighted by atomic mass is 9.90. The van der Waals surface area contributed by atoms with Crippen LogP contribution in [0.25, 0.3) is 0 Å². The Kier molecular flexibility index (Phi) is 14.8.